The van der Waals surface area contributed by atoms with E-state index in [0.717, 1.165) is 65.4 Å². The molecule has 0 bridgehead atoms. The molecule has 0 radical (unpaired) electrons. The van der Waals surface area contributed by atoms with Crippen molar-refractivity contribution in [2.24, 2.45) is 0 Å². The van der Waals surface area contributed by atoms with E-state index in [9.17, 15) is 19.2 Å². The molecule has 10 heteroatoms. The number of halogens is 1. The van der Waals surface area contributed by atoms with Crippen molar-refractivity contribution in [1.82, 2.24) is 20.9 Å². The van der Waals surface area contributed by atoms with E-state index < -0.39 is 0 Å². The fraction of sp³-hybridized carbons (Fsp3) is 0.436. The Morgan fingerprint density at radius 2 is 1.14 bits per heavy atom. The highest BCUT2D eigenvalue weighted by Crippen LogP contribution is 2.13. The molecule has 264 valence electrons. The maximum absolute atomic E-state index is 13.2. The Balaban J connectivity index is 1.32. The van der Waals surface area contributed by atoms with Gasteiger partial charge in [-0.1, -0.05) is 81.0 Å². The van der Waals surface area contributed by atoms with E-state index >= 15 is 0 Å². The number of ether oxygens (including phenoxy) is 1. The van der Waals surface area contributed by atoms with Crippen molar-refractivity contribution >= 4 is 46.2 Å². The number of methoxy groups -OCH3 is 1. The molecule has 0 aliphatic rings. The lowest BCUT2D eigenvalue weighted by molar-refractivity contribution is -0.139. The van der Waals surface area contributed by atoms with Gasteiger partial charge in [-0.05, 0) is 95.8 Å². The van der Waals surface area contributed by atoms with Gasteiger partial charge in [-0.2, -0.15) is 0 Å². The first-order chi connectivity index (χ1) is 23.8. The van der Waals surface area contributed by atoms with E-state index in [1.807, 2.05) is 78.9 Å². The summed E-state index contributed by atoms with van der Waals surface area (Å²) in [5.74, 6) is 0.00413. The van der Waals surface area contributed by atoms with E-state index in [1.54, 1.807) is 7.11 Å². The molecule has 3 aromatic carbocycles. The predicted molar refractivity (Wildman–Crippen MR) is 202 cm³/mol. The van der Waals surface area contributed by atoms with Crippen LogP contribution in [0.3, 0.4) is 0 Å². The van der Waals surface area contributed by atoms with Gasteiger partial charge >= 0.3 is 0 Å². The molecule has 9 nitrogen and oxygen atoms in total. The lowest BCUT2D eigenvalue weighted by Gasteiger charge is -2.22. The maximum atomic E-state index is 13.2. The molecule has 0 spiro atoms. The standard InChI is InChI=1S/C39H51IN4O5/c1-49-35-22-16-32(17-23-35)25-28-42-37(46)30-44(29-36(45)41-27-24-31-13-9-8-10-14-31)38(47)15-11-6-4-2-3-5-7-12-26-43-39(48)33-18-20-34(40)21-19-33/h8-10,13-14,16-23H,2-7,11-12,15,24-30H2,1H3,(H,41,45)(H,42,46)(H,43,48). The third-order valence-corrected chi connectivity index (χ3v) is 8.92. The monoisotopic (exact) mass is 782 g/mol. The molecular formula is C39H51IN4O5. The van der Waals surface area contributed by atoms with Gasteiger partial charge in [-0.15, -0.1) is 0 Å². The second kappa shape index (κ2) is 23.4. The smallest absolute Gasteiger partial charge is 0.251 e. The molecule has 0 atom stereocenters. The summed E-state index contributed by atoms with van der Waals surface area (Å²) in [6.45, 7) is 1.26. The summed E-state index contributed by atoms with van der Waals surface area (Å²) < 4.78 is 6.30. The van der Waals surface area contributed by atoms with Crippen LogP contribution >= 0.6 is 22.6 Å². The zero-order valence-corrected chi connectivity index (χ0v) is 30.8. The third-order valence-electron chi connectivity index (χ3n) is 8.20. The van der Waals surface area contributed by atoms with Crippen LogP contribution in [0.5, 0.6) is 5.75 Å². The summed E-state index contributed by atoms with van der Waals surface area (Å²) in [4.78, 5) is 52.3. The largest absolute Gasteiger partial charge is 0.497 e. The van der Waals surface area contributed by atoms with Crippen molar-refractivity contribution in [2.45, 2.75) is 70.6 Å². The van der Waals surface area contributed by atoms with Crippen molar-refractivity contribution in [3.63, 3.8) is 0 Å². The molecule has 0 fully saturated rings. The average molecular weight is 783 g/mol. The first-order valence-corrected chi connectivity index (χ1v) is 18.4. The van der Waals surface area contributed by atoms with Crippen LogP contribution in [-0.2, 0) is 27.2 Å². The normalized spacial score (nSPS) is 10.7. The van der Waals surface area contributed by atoms with Crippen LogP contribution in [0.25, 0.3) is 0 Å². The Morgan fingerprint density at radius 3 is 1.71 bits per heavy atom. The van der Waals surface area contributed by atoms with Gasteiger partial charge in [0.1, 0.15) is 18.8 Å². The number of carbonyl (C=O) groups excluding carboxylic acids is 4. The van der Waals surface area contributed by atoms with Gasteiger partial charge in [-0.25, -0.2) is 0 Å². The summed E-state index contributed by atoms with van der Waals surface area (Å²) in [5.41, 5.74) is 2.87. The SMILES string of the molecule is COc1ccc(CCNC(=O)CN(CC(=O)NCCc2ccccc2)C(=O)CCCCCCCCCCNC(=O)c2ccc(I)cc2)cc1. The molecule has 3 rings (SSSR count). The number of nitrogens with zero attached hydrogens (tertiary/aromatic N) is 1. The molecule has 0 unspecified atom stereocenters. The molecule has 0 aliphatic heterocycles. The molecule has 3 N–H and O–H groups in total. The van der Waals surface area contributed by atoms with Crippen molar-refractivity contribution in [1.29, 1.82) is 0 Å². The van der Waals surface area contributed by atoms with Crippen molar-refractivity contribution in [3.05, 3.63) is 99.1 Å². The predicted octanol–water partition coefficient (Wildman–Crippen LogP) is 6.09. The first-order valence-electron chi connectivity index (χ1n) is 17.4. The molecule has 0 saturated heterocycles. The zero-order valence-electron chi connectivity index (χ0n) is 28.7. The van der Waals surface area contributed by atoms with Gasteiger partial charge in [0.25, 0.3) is 5.91 Å². The Morgan fingerprint density at radius 1 is 0.612 bits per heavy atom. The molecule has 0 aromatic heterocycles. The fourth-order valence-corrected chi connectivity index (χ4v) is 5.70. The number of benzene rings is 3. The number of carbonyl (C=O) groups is 4. The van der Waals surface area contributed by atoms with E-state index in [0.29, 0.717) is 50.9 Å². The van der Waals surface area contributed by atoms with Crippen LogP contribution in [0.1, 0.15) is 79.3 Å². The second-order valence-electron chi connectivity index (χ2n) is 12.1. The van der Waals surface area contributed by atoms with Crippen LogP contribution in [0.2, 0.25) is 0 Å². The quantitative estimate of drug-likeness (QED) is 0.0797. The van der Waals surface area contributed by atoms with Crippen LogP contribution in [0.4, 0.5) is 0 Å². The minimum absolute atomic E-state index is 0.0291. The number of hydrogen-bond donors (Lipinski definition) is 3. The number of unbranched alkanes of at least 4 members (excludes halogenated alkanes) is 7. The highest BCUT2D eigenvalue weighted by molar-refractivity contribution is 14.1. The number of amides is 4. The topological polar surface area (TPSA) is 117 Å². The molecule has 0 saturated carbocycles. The van der Waals surface area contributed by atoms with E-state index in [4.69, 9.17) is 4.74 Å². The lowest BCUT2D eigenvalue weighted by atomic mass is 10.1. The van der Waals surface area contributed by atoms with E-state index in [-0.39, 0.29) is 36.7 Å². The van der Waals surface area contributed by atoms with Gasteiger partial charge in [-0.3, -0.25) is 19.2 Å². The number of hydrogen-bond acceptors (Lipinski definition) is 5. The van der Waals surface area contributed by atoms with Crippen molar-refractivity contribution in [3.8, 4) is 5.75 Å². The van der Waals surface area contributed by atoms with Crippen molar-refractivity contribution in [2.75, 3.05) is 39.8 Å². The fourth-order valence-electron chi connectivity index (χ4n) is 5.35. The molecule has 0 aliphatic carbocycles. The molecule has 0 heterocycles. The summed E-state index contributed by atoms with van der Waals surface area (Å²) in [6, 6.07) is 25.1. The lowest BCUT2D eigenvalue weighted by Crippen LogP contribution is -2.46. The Labute approximate surface area is 305 Å². The number of nitrogens with one attached hydrogen (secondary N) is 3. The van der Waals surface area contributed by atoms with Crippen molar-refractivity contribution < 1.29 is 23.9 Å². The van der Waals surface area contributed by atoms with Crippen LogP contribution in [0.15, 0.2) is 78.9 Å². The Hall–Kier alpha value is -3.93. The minimum Gasteiger partial charge on any atom is -0.497 e. The highest BCUT2D eigenvalue weighted by Gasteiger charge is 2.20. The molecule has 49 heavy (non-hydrogen) atoms. The third kappa shape index (κ3) is 16.8. The summed E-state index contributed by atoms with van der Waals surface area (Å²) in [6.07, 6.45) is 9.64. The van der Waals surface area contributed by atoms with Gasteiger partial charge < -0.3 is 25.6 Å². The van der Waals surface area contributed by atoms with Crippen LogP contribution in [-0.4, -0.2) is 68.4 Å². The maximum Gasteiger partial charge on any atom is 0.251 e. The van der Waals surface area contributed by atoms with Gasteiger partial charge in [0.05, 0.1) is 7.11 Å². The molecule has 4 amide bonds. The second-order valence-corrected chi connectivity index (χ2v) is 13.4. The molecular weight excluding hydrogens is 731 g/mol. The first kappa shape index (κ1) is 39.5. The van der Waals surface area contributed by atoms with Gasteiger partial charge in [0.15, 0.2) is 0 Å². The number of rotatable bonds is 23. The summed E-state index contributed by atoms with van der Waals surface area (Å²) in [7, 11) is 1.62. The Bertz CT molecular complexity index is 1420. The van der Waals surface area contributed by atoms with Crippen LogP contribution in [0, 0.1) is 3.57 Å². The van der Waals surface area contributed by atoms with E-state index in [1.165, 1.54) is 4.90 Å². The average Bonchev–Trinajstić information content (AvgIpc) is 3.11. The summed E-state index contributed by atoms with van der Waals surface area (Å²) >= 11 is 2.22. The van der Waals surface area contributed by atoms with Crippen LogP contribution < -0.4 is 20.7 Å². The van der Waals surface area contributed by atoms with Gasteiger partial charge in [0, 0.05) is 35.2 Å². The zero-order chi connectivity index (χ0) is 35.1. The van der Waals surface area contributed by atoms with Gasteiger partial charge in [0.2, 0.25) is 17.7 Å². The summed E-state index contributed by atoms with van der Waals surface area (Å²) in [5, 5.41) is 8.77. The Kier molecular flexibility index (Phi) is 18.9. The minimum atomic E-state index is -0.284. The highest BCUT2D eigenvalue weighted by atomic mass is 127. The molecule has 3 aromatic rings. The van der Waals surface area contributed by atoms with E-state index in [2.05, 4.69) is 38.5 Å².